The molecule has 0 heterocycles. The summed E-state index contributed by atoms with van der Waals surface area (Å²) in [4.78, 5) is 4.58. The van der Waals surface area contributed by atoms with Crippen LogP contribution in [0.4, 0.5) is 0 Å². The van der Waals surface area contributed by atoms with Crippen molar-refractivity contribution in [3.05, 3.63) is 47.6 Å². The van der Waals surface area contributed by atoms with E-state index in [1.54, 1.807) is 0 Å². The molecule has 0 spiro atoms. The molecule has 0 atom stereocenters. The SMILES string of the molecule is C=C/C(=C\C(C)=C(C)C)C(=C)C/C(=N\C)C(CCC)CCC. The molecule has 0 amide bonds. The van der Waals surface area contributed by atoms with Gasteiger partial charge in [0, 0.05) is 19.2 Å². The standard InChI is InChI=1S/C21H35N/c1-9-12-20(13-10-2)21(22-8)15-18(7)19(11-3)14-17(6)16(4)5/h11,14,20H,3,7,9-10,12-13,15H2,1-2,4-6,8H3/b19-14+,22-21+. The third kappa shape index (κ3) is 7.06. The molecule has 0 radical (unpaired) electrons. The molecule has 0 rings (SSSR count). The van der Waals surface area contributed by atoms with Gasteiger partial charge in [-0.25, -0.2) is 0 Å². The maximum Gasteiger partial charge on any atom is 0.0276 e. The van der Waals surface area contributed by atoms with Gasteiger partial charge in [-0.1, -0.05) is 63.1 Å². The maximum atomic E-state index is 4.58. The Morgan fingerprint density at radius 1 is 1.09 bits per heavy atom. The molecule has 124 valence electrons. The summed E-state index contributed by atoms with van der Waals surface area (Å²) < 4.78 is 0. The van der Waals surface area contributed by atoms with Crippen molar-refractivity contribution in [2.45, 2.75) is 66.7 Å². The molecule has 0 aromatic carbocycles. The smallest absolute Gasteiger partial charge is 0.0276 e. The molecular weight excluding hydrogens is 266 g/mol. The highest BCUT2D eigenvalue weighted by atomic mass is 14.7. The van der Waals surface area contributed by atoms with E-state index >= 15 is 0 Å². The Morgan fingerprint density at radius 2 is 1.64 bits per heavy atom. The van der Waals surface area contributed by atoms with Crippen LogP contribution in [0.15, 0.2) is 52.6 Å². The first-order chi connectivity index (χ1) is 10.4. The summed E-state index contributed by atoms with van der Waals surface area (Å²) in [6.07, 6.45) is 9.80. The van der Waals surface area contributed by atoms with E-state index in [0.717, 1.165) is 17.6 Å². The minimum atomic E-state index is 0.590. The van der Waals surface area contributed by atoms with Crippen molar-refractivity contribution in [3.63, 3.8) is 0 Å². The predicted octanol–water partition coefficient (Wildman–Crippen LogP) is 6.69. The minimum Gasteiger partial charge on any atom is -0.297 e. The van der Waals surface area contributed by atoms with Crippen LogP contribution in [0.1, 0.15) is 66.7 Å². The zero-order valence-electron chi connectivity index (χ0n) is 15.6. The van der Waals surface area contributed by atoms with Gasteiger partial charge >= 0.3 is 0 Å². The fourth-order valence-electron chi connectivity index (χ4n) is 2.58. The van der Waals surface area contributed by atoms with Gasteiger partial charge in [-0.15, -0.1) is 0 Å². The van der Waals surface area contributed by atoms with E-state index in [0.29, 0.717) is 5.92 Å². The average Bonchev–Trinajstić information content (AvgIpc) is 2.49. The van der Waals surface area contributed by atoms with Crippen LogP contribution in [0, 0.1) is 5.92 Å². The van der Waals surface area contributed by atoms with E-state index in [2.05, 4.69) is 58.8 Å². The summed E-state index contributed by atoms with van der Waals surface area (Å²) in [6, 6.07) is 0. The number of allylic oxidation sites excluding steroid dienone is 6. The molecule has 0 unspecified atom stereocenters. The second-order valence-electron chi connectivity index (χ2n) is 6.26. The second-order valence-corrected chi connectivity index (χ2v) is 6.26. The summed E-state index contributed by atoms with van der Waals surface area (Å²) in [5, 5.41) is 0. The average molecular weight is 302 g/mol. The Balaban J connectivity index is 5.20. The summed E-state index contributed by atoms with van der Waals surface area (Å²) in [5.41, 5.74) is 6.15. The first kappa shape index (κ1) is 20.6. The van der Waals surface area contributed by atoms with Crippen LogP contribution in [-0.2, 0) is 0 Å². The zero-order chi connectivity index (χ0) is 17.1. The molecule has 0 saturated heterocycles. The highest BCUT2D eigenvalue weighted by Crippen LogP contribution is 2.24. The Morgan fingerprint density at radius 3 is 2.00 bits per heavy atom. The van der Waals surface area contributed by atoms with Gasteiger partial charge in [0.2, 0.25) is 0 Å². The van der Waals surface area contributed by atoms with Gasteiger partial charge in [0.1, 0.15) is 0 Å². The Labute approximate surface area is 138 Å². The molecule has 0 aromatic heterocycles. The van der Waals surface area contributed by atoms with Gasteiger partial charge in [0.15, 0.2) is 0 Å². The summed E-state index contributed by atoms with van der Waals surface area (Å²) in [5.74, 6) is 0.590. The highest BCUT2D eigenvalue weighted by molar-refractivity contribution is 5.89. The third-order valence-electron chi connectivity index (χ3n) is 4.22. The fourth-order valence-corrected chi connectivity index (χ4v) is 2.58. The lowest BCUT2D eigenvalue weighted by atomic mass is 9.87. The van der Waals surface area contributed by atoms with E-state index in [4.69, 9.17) is 0 Å². The van der Waals surface area contributed by atoms with Crippen LogP contribution in [0.3, 0.4) is 0 Å². The van der Waals surface area contributed by atoms with Crippen molar-refractivity contribution in [2.24, 2.45) is 10.9 Å². The van der Waals surface area contributed by atoms with Crippen LogP contribution in [0.5, 0.6) is 0 Å². The highest BCUT2D eigenvalue weighted by Gasteiger charge is 2.15. The second kappa shape index (κ2) is 11.2. The summed E-state index contributed by atoms with van der Waals surface area (Å²) >= 11 is 0. The quantitative estimate of drug-likeness (QED) is 0.315. The molecule has 1 nitrogen and oxygen atoms in total. The lowest BCUT2D eigenvalue weighted by Crippen LogP contribution is -2.15. The molecule has 0 fully saturated rings. The Kier molecular flexibility index (Phi) is 10.5. The monoisotopic (exact) mass is 301 g/mol. The molecule has 0 saturated carbocycles. The van der Waals surface area contributed by atoms with Gasteiger partial charge in [0.05, 0.1) is 0 Å². The number of rotatable bonds is 10. The largest absolute Gasteiger partial charge is 0.297 e. The van der Waals surface area contributed by atoms with E-state index in [9.17, 15) is 0 Å². The predicted molar refractivity (Wildman–Crippen MR) is 103 cm³/mol. The molecule has 0 bridgehead atoms. The van der Waals surface area contributed by atoms with Crippen LogP contribution >= 0.6 is 0 Å². The van der Waals surface area contributed by atoms with Gasteiger partial charge in [-0.2, -0.15) is 0 Å². The molecule has 0 aliphatic heterocycles. The first-order valence-electron chi connectivity index (χ1n) is 8.53. The van der Waals surface area contributed by atoms with E-state index in [1.807, 2.05) is 13.1 Å². The number of nitrogens with zero attached hydrogens (tertiary/aromatic N) is 1. The van der Waals surface area contributed by atoms with Gasteiger partial charge in [-0.3, -0.25) is 4.99 Å². The topological polar surface area (TPSA) is 12.4 Å². The minimum absolute atomic E-state index is 0.590. The van der Waals surface area contributed by atoms with E-state index < -0.39 is 0 Å². The molecule has 22 heavy (non-hydrogen) atoms. The lowest BCUT2D eigenvalue weighted by Gasteiger charge is -2.19. The van der Waals surface area contributed by atoms with Crippen molar-refractivity contribution in [3.8, 4) is 0 Å². The number of aliphatic imine (C=N–C) groups is 1. The molecular formula is C21H35N. The number of hydrogen-bond donors (Lipinski definition) is 0. The van der Waals surface area contributed by atoms with Gasteiger partial charge in [-0.05, 0) is 50.7 Å². The third-order valence-corrected chi connectivity index (χ3v) is 4.22. The molecule has 0 N–H and O–H groups in total. The molecule has 1 heteroatoms. The maximum absolute atomic E-state index is 4.58. The van der Waals surface area contributed by atoms with Crippen LogP contribution in [-0.4, -0.2) is 12.8 Å². The van der Waals surface area contributed by atoms with Crippen molar-refractivity contribution >= 4 is 5.71 Å². The first-order valence-corrected chi connectivity index (χ1v) is 8.53. The van der Waals surface area contributed by atoms with Gasteiger partial charge < -0.3 is 0 Å². The van der Waals surface area contributed by atoms with E-state index in [1.165, 1.54) is 42.5 Å². The Hall–Kier alpha value is -1.37. The molecule has 0 aliphatic carbocycles. The number of hydrogen-bond acceptors (Lipinski definition) is 1. The van der Waals surface area contributed by atoms with Crippen molar-refractivity contribution < 1.29 is 0 Å². The molecule has 0 aromatic rings. The summed E-state index contributed by atoms with van der Waals surface area (Å²) in [6.45, 7) is 19.1. The van der Waals surface area contributed by atoms with Crippen molar-refractivity contribution in [1.82, 2.24) is 0 Å². The van der Waals surface area contributed by atoms with Crippen molar-refractivity contribution in [2.75, 3.05) is 7.05 Å². The van der Waals surface area contributed by atoms with Crippen LogP contribution < -0.4 is 0 Å². The van der Waals surface area contributed by atoms with Gasteiger partial charge in [0.25, 0.3) is 0 Å². The Bertz CT molecular complexity index is 450. The molecule has 0 aliphatic rings. The fraction of sp³-hybridized carbons (Fsp3) is 0.571. The van der Waals surface area contributed by atoms with Crippen molar-refractivity contribution in [1.29, 1.82) is 0 Å². The van der Waals surface area contributed by atoms with Crippen LogP contribution in [0.2, 0.25) is 0 Å². The summed E-state index contributed by atoms with van der Waals surface area (Å²) in [7, 11) is 1.92. The zero-order valence-corrected chi connectivity index (χ0v) is 15.6. The van der Waals surface area contributed by atoms with Crippen LogP contribution in [0.25, 0.3) is 0 Å². The van der Waals surface area contributed by atoms with E-state index in [-0.39, 0.29) is 0 Å². The normalized spacial score (nSPS) is 12.5. The lowest BCUT2D eigenvalue weighted by molar-refractivity contribution is 0.553.